The molecule has 0 aliphatic heterocycles. The Morgan fingerprint density at radius 3 is 2.41 bits per heavy atom. The summed E-state index contributed by atoms with van der Waals surface area (Å²) in [6, 6.07) is 7.83. The molecule has 1 atom stereocenters. The fourth-order valence-corrected chi connectivity index (χ4v) is 3.83. The zero-order chi connectivity index (χ0) is 23.5. The lowest BCUT2D eigenvalue weighted by atomic mass is 9.83. The number of hydrogen-bond acceptors (Lipinski definition) is 6. The largest absolute Gasteiger partial charge is 0.480 e. The molecule has 1 aliphatic carbocycles. The predicted octanol–water partition coefficient (Wildman–Crippen LogP) is 3.83. The number of carboxylic acids is 1. The van der Waals surface area contributed by atoms with E-state index in [-0.39, 0.29) is 18.9 Å². The molecule has 0 saturated heterocycles. The van der Waals surface area contributed by atoms with Gasteiger partial charge in [0, 0.05) is 7.05 Å². The van der Waals surface area contributed by atoms with Crippen molar-refractivity contribution in [1.82, 2.24) is 9.96 Å². The van der Waals surface area contributed by atoms with Crippen LogP contribution in [-0.2, 0) is 25.6 Å². The third-order valence-electron chi connectivity index (χ3n) is 5.57. The molecule has 1 fully saturated rings. The molecule has 2 rings (SSSR count). The summed E-state index contributed by atoms with van der Waals surface area (Å²) >= 11 is 0. The van der Waals surface area contributed by atoms with Crippen LogP contribution in [0.25, 0.3) is 0 Å². The van der Waals surface area contributed by atoms with Gasteiger partial charge in [-0.1, -0.05) is 68.0 Å². The fourth-order valence-electron chi connectivity index (χ4n) is 3.83. The number of hydrogen-bond donors (Lipinski definition) is 2. The van der Waals surface area contributed by atoms with Crippen LogP contribution in [0.3, 0.4) is 0 Å². The topological polar surface area (TPSA) is 120 Å². The van der Waals surface area contributed by atoms with Crippen LogP contribution < -0.4 is 0 Å². The first-order valence-electron chi connectivity index (χ1n) is 11.1. The Morgan fingerprint density at radius 2 is 1.81 bits per heavy atom. The number of carbonyl (C=O) groups is 3. The first-order chi connectivity index (χ1) is 15.3. The Labute approximate surface area is 188 Å². The van der Waals surface area contributed by atoms with Crippen molar-refractivity contribution < 1.29 is 29.1 Å². The zero-order valence-corrected chi connectivity index (χ0v) is 18.8. The second-order valence-corrected chi connectivity index (χ2v) is 8.00. The molecule has 1 aliphatic rings. The van der Waals surface area contributed by atoms with Crippen LogP contribution in [0.4, 0.5) is 4.79 Å². The lowest BCUT2D eigenvalue weighted by Gasteiger charge is -2.36. The quantitative estimate of drug-likeness (QED) is 0.269. The number of amides is 1. The summed E-state index contributed by atoms with van der Waals surface area (Å²) < 4.78 is 5.15. The van der Waals surface area contributed by atoms with Crippen molar-refractivity contribution in [3.05, 3.63) is 35.9 Å². The van der Waals surface area contributed by atoms with E-state index in [0.29, 0.717) is 17.0 Å². The van der Waals surface area contributed by atoms with Crippen LogP contribution in [-0.4, -0.2) is 58.8 Å². The van der Waals surface area contributed by atoms with Gasteiger partial charge < -0.3 is 19.6 Å². The smallest absolute Gasteiger partial charge is 0.451 e. The monoisotopic (exact) mass is 447 g/mol. The lowest BCUT2D eigenvalue weighted by Crippen LogP contribution is -2.54. The molecule has 32 heavy (non-hydrogen) atoms. The Balaban J connectivity index is 2.17. The summed E-state index contributed by atoms with van der Waals surface area (Å²) in [6.45, 7) is 2.03. The van der Waals surface area contributed by atoms with E-state index in [1.807, 2.05) is 13.0 Å². The number of guanidine groups is 1. The molecule has 0 spiro atoms. The molecule has 1 aromatic rings. The van der Waals surface area contributed by atoms with Gasteiger partial charge in [-0.05, 0) is 30.7 Å². The molecule has 9 heteroatoms. The minimum atomic E-state index is -1.08. The lowest BCUT2D eigenvalue weighted by molar-refractivity contribution is -0.169. The van der Waals surface area contributed by atoms with Gasteiger partial charge in [-0.25, -0.2) is 14.4 Å². The number of rotatable bonds is 8. The van der Waals surface area contributed by atoms with Crippen molar-refractivity contribution in [2.45, 2.75) is 64.3 Å². The maximum Gasteiger partial charge on any atom is 0.451 e. The van der Waals surface area contributed by atoms with E-state index < -0.39 is 30.0 Å². The van der Waals surface area contributed by atoms with Gasteiger partial charge in [-0.3, -0.25) is 5.41 Å². The van der Waals surface area contributed by atoms with Gasteiger partial charge in [0.25, 0.3) is 0 Å². The molecule has 176 valence electrons. The predicted molar refractivity (Wildman–Crippen MR) is 118 cm³/mol. The van der Waals surface area contributed by atoms with E-state index in [2.05, 4.69) is 0 Å². The molecule has 0 heterocycles. The van der Waals surface area contributed by atoms with E-state index >= 15 is 0 Å². The average Bonchev–Trinajstić information content (AvgIpc) is 2.78. The second kappa shape index (κ2) is 12.7. The highest BCUT2D eigenvalue weighted by molar-refractivity contribution is 5.94. The minimum absolute atomic E-state index is 0.101. The van der Waals surface area contributed by atoms with Crippen molar-refractivity contribution in [3.8, 4) is 0 Å². The number of unbranched alkanes of at least 4 members (excludes halogenated alkanes) is 1. The van der Waals surface area contributed by atoms with Gasteiger partial charge in [0.15, 0.2) is 0 Å². The number of aliphatic carboxylic acids is 1. The molecule has 1 unspecified atom stereocenters. The number of ether oxygens (including phenoxy) is 1. The van der Waals surface area contributed by atoms with Crippen molar-refractivity contribution in [1.29, 1.82) is 5.41 Å². The van der Waals surface area contributed by atoms with Gasteiger partial charge in [-0.15, -0.1) is 0 Å². The van der Waals surface area contributed by atoms with E-state index in [1.54, 1.807) is 24.3 Å². The summed E-state index contributed by atoms with van der Waals surface area (Å²) in [6.07, 6.45) is 4.62. The SMILES string of the molecule is CCCCOC(=O)N(OC(=O)Cc1ccccc1)C(=N)N(C)C(C(=O)O)C1CCCCC1. The standard InChI is InChI=1S/C23H33N3O6/c1-3-4-15-31-23(30)26(32-19(27)16-17-11-7-5-8-12-17)22(24)25(2)20(21(28)29)18-13-9-6-10-14-18/h5,7-8,11-12,18,20,24H,3-4,6,9-10,13-16H2,1-2H3,(H,28,29). The minimum Gasteiger partial charge on any atom is -0.480 e. The molecule has 0 aromatic heterocycles. The average molecular weight is 448 g/mol. The van der Waals surface area contributed by atoms with Crippen molar-refractivity contribution in [2.24, 2.45) is 5.92 Å². The molecule has 2 N–H and O–H groups in total. The van der Waals surface area contributed by atoms with Gasteiger partial charge in [0.1, 0.15) is 6.04 Å². The van der Waals surface area contributed by atoms with E-state index in [0.717, 1.165) is 38.5 Å². The summed E-state index contributed by atoms with van der Waals surface area (Å²) in [4.78, 5) is 43.5. The molecular formula is C23H33N3O6. The number of carboxylic acid groups (broad SMARTS) is 1. The van der Waals surface area contributed by atoms with Gasteiger partial charge in [0.05, 0.1) is 13.0 Å². The maximum absolute atomic E-state index is 12.6. The highest BCUT2D eigenvalue weighted by Gasteiger charge is 2.38. The zero-order valence-electron chi connectivity index (χ0n) is 18.8. The highest BCUT2D eigenvalue weighted by atomic mass is 16.8. The van der Waals surface area contributed by atoms with Crippen LogP contribution in [0, 0.1) is 11.3 Å². The number of benzene rings is 1. The molecule has 1 amide bonds. The van der Waals surface area contributed by atoms with Crippen LogP contribution in [0.2, 0.25) is 0 Å². The fraction of sp³-hybridized carbons (Fsp3) is 0.565. The normalized spacial score (nSPS) is 14.8. The van der Waals surface area contributed by atoms with Gasteiger partial charge in [0.2, 0.25) is 5.96 Å². The van der Waals surface area contributed by atoms with E-state index in [1.165, 1.54) is 11.9 Å². The van der Waals surface area contributed by atoms with Gasteiger partial charge >= 0.3 is 18.0 Å². The summed E-state index contributed by atoms with van der Waals surface area (Å²) in [7, 11) is 1.42. The molecule has 0 bridgehead atoms. The second-order valence-electron chi connectivity index (χ2n) is 8.00. The Bertz CT molecular complexity index is 779. The van der Waals surface area contributed by atoms with Crippen LogP contribution in [0.5, 0.6) is 0 Å². The third-order valence-corrected chi connectivity index (χ3v) is 5.57. The maximum atomic E-state index is 12.6. The Morgan fingerprint density at radius 1 is 1.16 bits per heavy atom. The third kappa shape index (κ3) is 7.25. The molecule has 1 saturated carbocycles. The van der Waals surface area contributed by atoms with Crippen LogP contribution >= 0.6 is 0 Å². The van der Waals surface area contributed by atoms with E-state index in [9.17, 15) is 19.5 Å². The molecule has 9 nitrogen and oxygen atoms in total. The summed E-state index contributed by atoms with van der Waals surface area (Å²) in [5.74, 6) is -2.55. The first-order valence-corrected chi connectivity index (χ1v) is 11.1. The molecule has 1 aromatic carbocycles. The number of nitrogens with zero attached hydrogens (tertiary/aromatic N) is 2. The van der Waals surface area contributed by atoms with Crippen LogP contribution in [0.1, 0.15) is 57.4 Å². The number of likely N-dealkylation sites (N-methyl/N-ethyl adjacent to an activating group) is 1. The molecular weight excluding hydrogens is 414 g/mol. The van der Waals surface area contributed by atoms with Crippen LogP contribution in [0.15, 0.2) is 30.3 Å². The number of hydroxylamine groups is 2. The Kier molecular flexibility index (Phi) is 9.97. The first kappa shape index (κ1) is 25.2. The van der Waals surface area contributed by atoms with Crippen molar-refractivity contribution in [3.63, 3.8) is 0 Å². The highest BCUT2D eigenvalue weighted by Crippen LogP contribution is 2.29. The number of carbonyl (C=O) groups excluding carboxylic acids is 2. The van der Waals surface area contributed by atoms with E-state index in [4.69, 9.17) is 15.0 Å². The number of nitrogens with one attached hydrogen (secondary N) is 1. The summed E-state index contributed by atoms with van der Waals surface area (Å²) in [5, 5.41) is 18.8. The Hall–Kier alpha value is -3.10. The summed E-state index contributed by atoms with van der Waals surface area (Å²) in [5.41, 5.74) is 0.683. The molecule has 0 radical (unpaired) electrons. The van der Waals surface area contributed by atoms with Gasteiger partial charge in [-0.2, -0.15) is 0 Å². The van der Waals surface area contributed by atoms with Crippen molar-refractivity contribution >= 4 is 24.0 Å². The van der Waals surface area contributed by atoms with Crippen molar-refractivity contribution in [2.75, 3.05) is 13.7 Å².